The highest BCUT2D eigenvalue weighted by atomic mass is 35.5. The average Bonchev–Trinajstić information content (AvgIpc) is 2.87. The number of carbonyl (C=O) groups is 1. The number of nitrogens with one attached hydrogen (secondary N) is 1. The minimum atomic E-state index is -0.476. The number of hydrogen-bond donors (Lipinski definition) is 2. The molecule has 3 N–H and O–H groups in total. The summed E-state index contributed by atoms with van der Waals surface area (Å²) in [6.07, 6.45) is 2.37. The second-order valence-electron chi connectivity index (χ2n) is 5.54. The molecular formula is C15H22ClN3O. The van der Waals surface area contributed by atoms with Gasteiger partial charge in [-0.2, -0.15) is 0 Å². The number of rotatable bonds is 5. The molecule has 5 heteroatoms. The molecule has 1 amide bonds. The van der Waals surface area contributed by atoms with Crippen LogP contribution in [0.5, 0.6) is 0 Å². The average molecular weight is 296 g/mol. The monoisotopic (exact) mass is 295 g/mol. The Kier molecular flexibility index (Phi) is 4.89. The summed E-state index contributed by atoms with van der Waals surface area (Å²) in [6, 6.07) is 6.21. The summed E-state index contributed by atoms with van der Waals surface area (Å²) >= 11 is 6.15. The van der Waals surface area contributed by atoms with Gasteiger partial charge in [0.05, 0.1) is 16.3 Å². The lowest BCUT2D eigenvalue weighted by Gasteiger charge is -2.33. The number of benzene rings is 1. The van der Waals surface area contributed by atoms with E-state index in [4.69, 9.17) is 17.3 Å². The molecule has 0 radical (unpaired) electrons. The summed E-state index contributed by atoms with van der Waals surface area (Å²) in [6.45, 7) is 6.15. The summed E-state index contributed by atoms with van der Waals surface area (Å²) in [5.41, 5.74) is 6.74. The Balaban J connectivity index is 2.33. The Morgan fingerprint density at radius 2 is 2.30 bits per heavy atom. The van der Waals surface area contributed by atoms with Crippen LogP contribution in [-0.4, -0.2) is 31.1 Å². The standard InChI is InChI=1S/C15H22ClN3O/c1-10(2)19(9-11-5-4-8-18-11)13-7-3-6-12(16)14(13)15(17)20/h3,6-7,10-11,18H,4-5,8-9H2,1-2H3,(H2,17,20). The summed E-state index contributed by atoms with van der Waals surface area (Å²) < 4.78 is 0. The highest BCUT2D eigenvalue weighted by Crippen LogP contribution is 2.29. The Labute approximate surface area is 125 Å². The molecule has 1 fully saturated rings. The molecule has 1 unspecified atom stereocenters. The summed E-state index contributed by atoms with van der Waals surface area (Å²) in [7, 11) is 0. The zero-order valence-electron chi connectivity index (χ0n) is 12.0. The van der Waals surface area contributed by atoms with E-state index >= 15 is 0 Å². The van der Waals surface area contributed by atoms with Gasteiger partial charge in [0.25, 0.3) is 5.91 Å². The molecule has 0 spiro atoms. The van der Waals surface area contributed by atoms with Crippen LogP contribution in [-0.2, 0) is 0 Å². The number of hydrogen-bond acceptors (Lipinski definition) is 3. The second kappa shape index (κ2) is 6.46. The van der Waals surface area contributed by atoms with E-state index in [1.165, 1.54) is 6.42 Å². The lowest BCUT2D eigenvalue weighted by atomic mass is 10.1. The molecule has 1 aromatic rings. The molecule has 20 heavy (non-hydrogen) atoms. The van der Waals surface area contributed by atoms with E-state index in [1.807, 2.05) is 12.1 Å². The maximum Gasteiger partial charge on any atom is 0.252 e. The van der Waals surface area contributed by atoms with E-state index in [2.05, 4.69) is 24.1 Å². The first-order chi connectivity index (χ1) is 9.50. The maximum atomic E-state index is 11.7. The molecule has 2 rings (SSSR count). The van der Waals surface area contributed by atoms with Crippen LogP contribution in [0.15, 0.2) is 18.2 Å². The molecule has 0 aliphatic carbocycles. The van der Waals surface area contributed by atoms with Crippen molar-refractivity contribution in [3.63, 3.8) is 0 Å². The normalized spacial score (nSPS) is 18.5. The lowest BCUT2D eigenvalue weighted by molar-refractivity contribution is 0.100. The third-order valence-corrected chi connectivity index (χ3v) is 4.07. The van der Waals surface area contributed by atoms with Gasteiger partial charge < -0.3 is 16.0 Å². The molecule has 1 aliphatic rings. The molecule has 1 aliphatic heterocycles. The van der Waals surface area contributed by atoms with Gasteiger partial charge >= 0.3 is 0 Å². The molecule has 0 bridgehead atoms. The van der Waals surface area contributed by atoms with Crippen molar-refractivity contribution in [3.8, 4) is 0 Å². The van der Waals surface area contributed by atoms with E-state index in [-0.39, 0.29) is 6.04 Å². The molecule has 1 saturated heterocycles. The number of anilines is 1. The van der Waals surface area contributed by atoms with Crippen LogP contribution in [0.25, 0.3) is 0 Å². The van der Waals surface area contributed by atoms with Gasteiger partial charge in [0.15, 0.2) is 0 Å². The van der Waals surface area contributed by atoms with Gasteiger partial charge in [-0.15, -0.1) is 0 Å². The predicted octanol–water partition coefficient (Wildman–Crippen LogP) is 2.41. The van der Waals surface area contributed by atoms with Crippen molar-refractivity contribution in [3.05, 3.63) is 28.8 Å². The van der Waals surface area contributed by atoms with Crippen LogP contribution in [0.3, 0.4) is 0 Å². The molecule has 4 nitrogen and oxygen atoms in total. The lowest BCUT2D eigenvalue weighted by Crippen LogP contribution is -2.42. The fourth-order valence-electron chi connectivity index (χ4n) is 2.73. The third kappa shape index (κ3) is 3.25. The minimum absolute atomic E-state index is 0.272. The molecule has 0 saturated carbocycles. The number of carbonyl (C=O) groups excluding carboxylic acids is 1. The number of nitrogens with two attached hydrogens (primary N) is 1. The first-order valence-electron chi connectivity index (χ1n) is 7.09. The van der Waals surface area contributed by atoms with E-state index in [1.54, 1.807) is 6.07 Å². The zero-order chi connectivity index (χ0) is 14.7. The highest BCUT2D eigenvalue weighted by Gasteiger charge is 2.24. The number of nitrogens with zero attached hydrogens (tertiary/aromatic N) is 1. The van der Waals surface area contributed by atoms with Crippen molar-refractivity contribution in [2.75, 3.05) is 18.0 Å². The molecule has 1 heterocycles. The largest absolute Gasteiger partial charge is 0.367 e. The Morgan fingerprint density at radius 1 is 1.55 bits per heavy atom. The van der Waals surface area contributed by atoms with Gasteiger partial charge in [0, 0.05) is 18.6 Å². The van der Waals surface area contributed by atoms with Crippen molar-refractivity contribution in [1.82, 2.24) is 5.32 Å². The van der Waals surface area contributed by atoms with Crippen LogP contribution >= 0.6 is 11.6 Å². The molecular weight excluding hydrogens is 274 g/mol. The van der Waals surface area contributed by atoms with Crippen molar-refractivity contribution in [2.45, 2.75) is 38.8 Å². The zero-order valence-corrected chi connectivity index (χ0v) is 12.8. The van der Waals surface area contributed by atoms with Crippen molar-refractivity contribution in [1.29, 1.82) is 0 Å². The van der Waals surface area contributed by atoms with Crippen LogP contribution in [0.4, 0.5) is 5.69 Å². The third-order valence-electron chi connectivity index (χ3n) is 3.75. The van der Waals surface area contributed by atoms with Crippen molar-refractivity contribution >= 4 is 23.2 Å². The summed E-state index contributed by atoms with van der Waals surface area (Å²) in [5.74, 6) is -0.476. The van der Waals surface area contributed by atoms with Crippen molar-refractivity contribution < 1.29 is 4.79 Å². The van der Waals surface area contributed by atoms with Gasteiger partial charge in [0.1, 0.15) is 0 Å². The second-order valence-corrected chi connectivity index (χ2v) is 5.94. The van der Waals surface area contributed by atoms with Gasteiger partial charge in [-0.1, -0.05) is 17.7 Å². The SMILES string of the molecule is CC(C)N(CC1CCCN1)c1cccc(Cl)c1C(N)=O. The molecule has 110 valence electrons. The van der Waals surface area contributed by atoms with Crippen LogP contribution < -0.4 is 16.0 Å². The van der Waals surface area contributed by atoms with Crippen molar-refractivity contribution in [2.24, 2.45) is 5.73 Å². The molecule has 1 atom stereocenters. The summed E-state index contributed by atoms with van der Waals surface area (Å²) in [5, 5.41) is 3.90. The van der Waals surface area contributed by atoms with Crippen LogP contribution in [0.2, 0.25) is 5.02 Å². The summed E-state index contributed by atoms with van der Waals surface area (Å²) in [4.78, 5) is 13.9. The molecule has 1 aromatic carbocycles. The first-order valence-corrected chi connectivity index (χ1v) is 7.47. The van der Waals surface area contributed by atoms with E-state index in [0.29, 0.717) is 16.6 Å². The van der Waals surface area contributed by atoms with E-state index in [0.717, 1.165) is 25.2 Å². The fraction of sp³-hybridized carbons (Fsp3) is 0.533. The number of amides is 1. The number of halogens is 1. The van der Waals surface area contributed by atoms with E-state index in [9.17, 15) is 4.79 Å². The molecule has 0 aromatic heterocycles. The topological polar surface area (TPSA) is 58.4 Å². The number of primary amides is 1. The van der Waals surface area contributed by atoms with Gasteiger partial charge in [-0.25, -0.2) is 0 Å². The van der Waals surface area contributed by atoms with Crippen LogP contribution in [0.1, 0.15) is 37.0 Å². The maximum absolute atomic E-state index is 11.7. The van der Waals surface area contributed by atoms with E-state index < -0.39 is 5.91 Å². The fourth-order valence-corrected chi connectivity index (χ4v) is 3.00. The Morgan fingerprint density at radius 3 is 2.85 bits per heavy atom. The predicted molar refractivity (Wildman–Crippen MR) is 83.5 cm³/mol. The van der Waals surface area contributed by atoms with Crippen LogP contribution in [0, 0.1) is 0 Å². The highest BCUT2D eigenvalue weighted by molar-refractivity contribution is 6.34. The van der Waals surface area contributed by atoms with Gasteiger partial charge in [0.2, 0.25) is 0 Å². The quantitative estimate of drug-likeness (QED) is 0.877. The minimum Gasteiger partial charge on any atom is -0.367 e. The van der Waals surface area contributed by atoms with Gasteiger partial charge in [-0.3, -0.25) is 4.79 Å². The smallest absolute Gasteiger partial charge is 0.252 e. The Bertz CT molecular complexity index is 484. The first kappa shape index (κ1) is 15.1. The Hall–Kier alpha value is -1.26. The van der Waals surface area contributed by atoms with Gasteiger partial charge in [-0.05, 0) is 45.4 Å².